The molecule has 3 rings (SSSR count). The van der Waals surface area contributed by atoms with Crippen LogP contribution in [0.3, 0.4) is 0 Å². The summed E-state index contributed by atoms with van der Waals surface area (Å²) in [7, 11) is 0. The maximum atomic E-state index is 5.34. The van der Waals surface area contributed by atoms with E-state index in [4.69, 9.17) is 4.74 Å². The molecule has 116 valence electrons. The summed E-state index contributed by atoms with van der Waals surface area (Å²) < 4.78 is 5.34. The fraction of sp³-hybridized carbons (Fsp3) is 0.429. The van der Waals surface area contributed by atoms with Crippen LogP contribution in [0.5, 0.6) is 0 Å². The van der Waals surface area contributed by atoms with Crippen molar-refractivity contribution in [2.45, 2.75) is 0 Å². The van der Waals surface area contributed by atoms with Crippen LogP contribution in [-0.4, -0.2) is 64.2 Å². The van der Waals surface area contributed by atoms with Crippen LogP contribution in [0.1, 0.15) is 0 Å². The van der Waals surface area contributed by atoms with Crippen LogP contribution in [0.4, 0.5) is 17.5 Å². The monoisotopic (exact) mass is 301 g/mol. The van der Waals surface area contributed by atoms with E-state index in [0.717, 1.165) is 45.2 Å². The standard InChI is InChI=1S/C14H19N7O/c1-2-15-10-17-12(1)20-14-9-13(18-11-19-14)16-3-4-21-5-7-22-8-6-21/h1-2,9-11H,3-8H2,(H2,15,16,17,18,19,20). The van der Waals surface area contributed by atoms with Gasteiger partial charge in [0.1, 0.15) is 30.1 Å². The van der Waals surface area contributed by atoms with Crippen molar-refractivity contribution in [1.29, 1.82) is 0 Å². The Kier molecular flexibility index (Phi) is 5.06. The molecule has 0 amide bonds. The summed E-state index contributed by atoms with van der Waals surface area (Å²) >= 11 is 0. The normalized spacial score (nSPS) is 15.5. The lowest BCUT2D eigenvalue weighted by atomic mass is 10.4. The van der Waals surface area contributed by atoms with Crippen LogP contribution in [0.15, 0.2) is 31.0 Å². The number of aromatic nitrogens is 4. The van der Waals surface area contributed by atoms with Crippen molar-refractivity contribution in [3.05, 3.63) is 31.0 Å². The topological polar surface area (TPSA) is 88.1 Å². The molecule has 2 N–H and O–H groups in total. The maximum Gasteiger partial charge on any atom is 0.137 e. The van der Waals surface area contributed by atoms with E-state index in [1.807, 2.05) is 6.07 Å². The lowest BCUT2D eigenvalue weighted by Gasteiger charge is -2.26. The highest BCUT2D eigenvalue weighted by Crippen LogP contribution is 2.13. The van der Waals surface area contributed by atoms with E-state index in [9.17, 15) is 0 Å². The third-order valence-corrected chi connectivity index (χ3v) is 3.34. The Labute approximate surface area is 129 Å². The summed E-state index contributed by atoms with van der Waals surface area (Å²) in [5.74, 6) is 2.19. The zero-order chi connectivity index (χ0) is 15.0. The van der Waals surface area contributed by atoms with Gasteiger partial charge in [-0.15, -0.1) is 0 Å². The van der Waals surface area contributed by atoms with Crippen molar-refractivity contribution in [3.63, 3.8) is 0 Å². The highest BCUT2D eigenvalue weighted by Gasteiger charge is 2.09. The maximum absolute atomic E-state index is 5.34. The van der Waals surface area contributed by atoms with Crippen molar-refractivity contribution >= 4 is 17.5 Å². The highest BCUT2D eigenvalue weighted by atomic mass is 16.5. The first-order valence-electron chi connectivity index (χ1n) is 7.29. The molecule has 0 aromatic carbocycles. The third kappa shape index (κ3) is 4.34. The molecule has 1 fully saturated rings. The third-order valence-electron chi connectivity index (χ3n) is 3.34. The Bertz CT molecular complexity index is 574. The fourth-order valence-corrected chi connectivity index (χ4v) is 2.19. The molecule has 8 heteroatoms. The molecule has 1 aliphatic rings. The average Bonchev–Trinajstić information content (AvgIpc) is 2.57. The molecule has 0 aliphatic carbocycles. The lowest BCUT2D eigenvalue weighted by Crippen LogP contribution is -2.39. The number of morpholine rings is 1. The second kappa shape index (κ2) is 7.62. The Hall–Kier alpha value is -2.32. The summed E-state index contributed by atoms with van der Waals surface area (Å²) in [6, 6.07) is 3.65. The fourth-order valence-electron chi connectivity index (χ4n) is 2.19. The van der Waals surface area contributed by atoms with Crippen molar-refractivity contribution in [2.75, 3.05) is 50.0 Å². The second-order valence-electron chi connectivity index (χ2n) is 4.89. The van der Waals surface area contributed by atoms with Crippen molar-refractivity contribution in [2.24, 2.45) is 0 Å². The molecule has 0 atom stereocenters. The van der Waals surface area contributed by atoms with Gasteiger partial charge in [0.15, 0.2) is 0 Å². The first kappa shape index (κ1) is 14.6. The van der Waals surface area contributed by atoms with Gasteiger partial charge >= 0.3 is 0 Å². The Morgan fingerprint density at radius 2 is 1.86 bits per heavy atom. The summed E-state index contributed by atoms with van der Waals surface area (Å²) in [4.78, 5) is 18.8. The summed E-state index contributed by atoms with van der Waals surface area (Å²) in [6.07, 6.45) is 4.70. The molecular weight excluding hydrogens is 282 g/mol. The van der Waals surface area contributed by atoms with Crippen LogP contribution < -0.4 is 10.6 Å². The van der Waals surface area contributed by atoms with Crippen LogP contribution in [0.2, 0.25) is 0 Å². The largest absolute Gasteiger partial charge is 0.379 e. The predicted molar refractivity (Wildman–Crippen MR) is 83.1 cm³/mol. The summed E-state index contributed by atoms with van der Waals surface area (Å²) in [6.45, 7) is 5.44. The van der Waals surface area contributed by atoms with Gasteiger partial charge in [-0.3, -0.25) is 4.90 Å². The number of hydrogen-bond acceptors (Lipinski definition) is 8. The van der Waals surface area contributed by atoms with Gasteiger partial charge in [-0.25, -0.2) is 19.9 Å². The Morgan fingerprint density at radius 3 is 2.68 bits per heavy atom. The van der Waals surface area contributed by atoms with E-state index in [2.05, 4.69) is 35.5 Å². The minimum absolute atomic E-state index is 0.697. The van der Waals surface area contributed by atoms with Crippen LogP contribution in [0.25, 0.3) is 0 Å². The van der Waals surface area contributed by atoms with Crippen molar-refractivity contribution < 1.29 is 4.74 Å². The smallest absolute Gasteiger partial charge is 0.137 e. The van der Waals surface area contributed by atoms with Crippen molar-refractivity contribution in [1.82, 2.24) is 24.8 Å². The van der Waals surface area contributed by atoms with Crippen LogP contribution >= 0.6 is 0 Å². The number of ether oxygens (including phenoxy) is 1. The minimum atomic E-state index is 0.697. The van der Waals surface area contributed by atoms with E-state index in [0.29, 0.717) is 11.6 Å². The molecule has 1 saturated heterocycles. The van der Waals surface area contributed by atoms with Gasteiger partial charge in [-0.1, -0.05) is 0 Å². The van der Waals surface area contributed by atoms with Gasteiger partial charge in [0.25, 0.3) is 0 Å². The number of nitrogens with zero attached hydrogens (tertiary/aromatic N) is 5. The van der Waals surface area contributed by atoms with E-state index in [1.54, 1.807) is 12.3 Å². The zero-order valence-corrected chi connectivity index (χ0v) is 12.3. The molecule has 8 nitrogen and oxygen atoms in total. The lowest BCUT2D eigenvalue weighted by molar-refractivity contribution is 0.0398. The molecule has 3 heterocycles. The van der Waals surface area contributed by atoms with Gasteiger partial charge in [0, 0.05) is 38.4 Å². The Balaban J connectivity index is 1.50. The SMILES string of the molecule is c1cc(Nc2cc(NCCN3CCOCC3)ncn2)ncn1. The zero-order valence-electron chi connectivity index (χ0n) is 12.3. The minimum Gasteiger partial charge on any atom is -0.379 e. The van der Waals surface area contributed by atoms with E-state index in [-0.39, 0.29) is 0 Å². The summed E-state index contributed by atoms with van der Waals surface area (Å²) in [5, 5.41) is 6.43. The van der Waals surface area contributed by atoms with Gasteiger partial charge in [0.05, 0.1) is 13.2 Å². The van der Waals surface area contributed by atoms with E-state index < -0.39 is 0 Å². The molecule has 1 aliphatic heterocycles. The van der Waals surface area contributed by atoms with Crippen LogP contribution in [-0.2, 0) is 4.74 Å². The number of hydrogen-bond donors (Lipinski definition) is 2. The molecular formula is C14H19N7O. The van der Waals surface area contributed by atoms with Gasteiger partial charge < -0.3 is 15.4 Å². The molecule has 0 spiro atoms. The Morgan fingerprint density at radius 1 is 1.05 bits per heavy atom. The van der Waals surface area contributed by atoms with Gasteiger partial charge in [-0.05, 0) is 6.07 Å². The number of rotatable bonds is 6. The quantitative estimate of drug-likeness (QED) is 0.808. The first-order chi connectivity index (χ1) is 10.9. The first-order valence-corrected chi connectivity index (χ1v) is 7.29. The molecule has 22 heavy (non-hydrogen) atoms. The van der Waals surface area contributed by atoms with Gasteiger partial charge in [0.2, 0.25) is 0 Å². The molecule has 0 radical (unpaired) electrons. The molecule has 0 bridgehead atoms. The van der Waals surface area contributed by atoms with Gasteiger partial charge in [-0.2, -0.15) is 0 Å². The second-order valence-corrected chi connectivity index (χ2v) is 4.89. The van der Waals surface area contributed by atoms with E-state index >= 15 is 0 Å². The highest BCUT2D eigenvalue weighted by molar-refractivity contribution is 5.54. The number of nitrogens with one attached hydrogen (secondary N) is 2. The van der Waals surface area contributed by atoms with Crippen molar-refractivity contribution in [3.8, 4) is 0 Å². The molecule has 0 unspecified atom stereocenters. The van der Waals surface area contributed by atoms with E-state index in [1.165, 1.54) is 12.7 Å². The predicted octanol–water partition coefficient (Wildman–Crippen LogP) is 0.754. The van der Waals surface area contributed by atoms with Crippen LogP contribution in [0, 0.1) is 0 Å². The number of anilines is 3. The molecule has 2 aromatic rings. The summed E-state index contributed by atoms with van der Waals surface area (Å²) in [5.41, 5.74) is 0. The average molecular weight is 301 g/mol. The molecule has 2 aromatic heterocycles. The molecule has 0 saturated carbocycles.